The van der Waals surface area contributed by atoms with Crippen LogP contribution in [-0.4, -0.2) is 6.29 Å². The number of carbonyl (C=O) groups excluding carboxylic acids is 1. The lowest BCUT2D eigenvalue weighted by Gasteiger charge is -2.32. The van der Waals surface area contributed by atoms with Crippen LogP contribution in [0.25, 0.3) is 0 Å². The maximum atomic E-state index is 10.7. The third-order valence-corrected chi connectivity index (χ3v) is 4.63. The van der Waals surface area contributed by atoms with Crippen LogP contribution in [0.15, 0.2) is 32.5 Å². The van der Waals surface area contributed by atoms with E-state index < -0.39 is 0 Å². The first kappa shape index (κ1) is 14.7. The fourth-order valence-corrected chi connectivity index (χ4v) is 2.57. The second kappa shape index (κ2) is 5.98. The highest BCUT2D eigenvalue weighted by Crippen LogP contribution is 2.40. The summed E-state index contributed by atoms with van der Waals surface area (Å²) < 4.78 is 0.783. The van der Waals surface area contributed by atoms with Gasteiger partial charge < -0.3 is 0 Å². The lowest BCUT2D eigenvalue weighted by molar-refractivity contribution is -0.104. The lowest BCUT2D eigenvalue weighted by atomic mass is 9.72. The molecule has 0 saturated carbocycles. The topological polar surface area (TPSA) is 17.1 Å². The molecule has 0 aromatic carbocycles. The first-order valence-corrected chi connectivity index (χ1v) is 7.16. The molecule has 0 unspecified atom stereocenters. The Kier molecular flexibility index (Phi) is 5.17. The lowest BCUT2D eigenvalue weighted by Crippen LogP contribution is -2.19. The fraction of sp³-hybridized carbons (Fsp3) is 0.533. The normalized spacial score (nSPS) is 21.7. The summed E-state index contributed by atoms with van der Waals surface area (Å²) in [4.78, 5) is 10.7. The van der Waals surface area contributed by atoms with Crippen LogP contribution in [0.3, 0.4) is 0 Å². The van der Waals surface area contributed by atoms with Crippen LogP contribution in [0.2, 0.25) is 0 Å². The van der Waals surface area contributed by atoms with Crippen molar-refractivity contribution in [2.24, 2.45) is 5.41 Å². The van der Waals surface area contributed by atoms with E-state index in [0.29, 0.717) is 0 Å². The largest absolute Gasteiger partial charge is 0.297 e. The number of aldehydes is 1. The molecule has 0 aromatic heterocycles. The summed E-state index contributed by atoms with van der Waals surface area (Å²) in [6, 6.07) is 0. The molecule has 0 saturated heterocycles. The molecule has 1 rings (SSSR count). The van der Waals surface area contributed by atoms with Crippen LogP contribution in [0.5, 0.6) is 0 Å². The van der Waals surface area contributed by atoms with Gasteiger partial charge in [-0.3, -0.25) is 4.79 Å². The highest BCUT2D eigenvalue weighted by Gasteiger charge is 2.26. The standard InChI is InChI=1S/C15H21IO/c1-11-6-5-9-15(3,4)13(11)8-7-12(2)14(16)10-17/h7-8,10H,5-6,9H2,1-4H3/b8-7+,14-12-. The van der Waals surface area contributed by atoms with Gasteiger partial charge in [-0.25, -0.2) is 0 Å². The van der Waals surface area contributed by atoms with Gasteiger partial charge in [-0.05, 0) is 72.3 Å². The van der Waals surface area contributed by atoms with Crippen molar-refractivity contribution in [3.63, 3.8) is 0 Å². The number of hydrogen-bond acceptors (Lipinski definition) is 1. The molecule has 0 aromatic rings. The molecule has 1 aliphatic rings. The molecule has 1 aliphatic carbocycles. The van der Waals surface area contributed by atoms with Gasteiger partial charge in [-0.2, -0.15) is 0 Å². The monoisotopic (exact) mass is 344 g/mol. The van der Waals surface area contributed by atoms with Crippen LogP contribution >= 0.6 is 22.6 Å². The van der Waals surface area contributed by atoms with E-state index in [0.717, 1.165) is 15.4 Å². The van der Waals surface area contributed by atoms with Gasteiger partial charge in [-0.15, -0.1) is 0 Å². The number of halogens is 1. The van der Waals surface area contributed by atoms with Crippen molar-refractivity contribution < 1.29 is 4.79 Å². The van der Waals surface area contributed by atoms with Gasteiger partial charge in [0, 0.05) is 0 Å². The SMILES string of the molecule is CC1=C(/C=C/C(C)=C(\I)C=O)C(C)(C)CCC1. The predicted molar refractivity (Wildman–Crippen MR) is 82.3 cm³/mol. The summed E-state index contributed by atoms with van der Waals surface area (Å²) >= 11 is 2.08. The molecule has 0 radical (unpaired) electrons. The molecule has 0 bridgehead atoms. The van der Waals surface area contributed by atoms with E-state index in [1.807, 2.05) is 6.92 Å². The third kappa shape index (κ3) is 3.80. The number of carbonyl (C=O) groups is 1. The van der Waals surface area contributed by atoms with Crippen molar-refractivity contribution in [3.05, 3.63) is 32.5 Å². The van der Waals surface area contributed by atoms with E-state index in [-0.39, 0.29) is 5.41 Å². The molecule has 0 atom stereocenters. The number of allylic oxidation sites excluding steroid dienone is 6. The van der Waals surface area contributed by atoms with Crippen LogP contribution < -0.4 is 0 Å². The van der Waals surface area contributed by atoms with E-state index in [9.17, 15) is 4.79 Å². The molecule has 94 valence electrons. The number of hydrogen-bond donors (Lipinski definition) is 0. The van der Waals surface area contributed by atoms with Crippen LogP contribution in [-0.2, 0) is 4.79 Å². The minimum Gasteiger partial charge on any atom is -0.297 e. The highest BCUT2D eigenvalue weighted by atomic mass is 127. The van der Waals surface area contributed by atoms with Gasteiger partial charge in [0.05, 0.1) is 3.58 Å². The Hall–Kier alpha value is -0.380. The highest BCUT2D eigenvalue weighted by molar-refractivity contribution is 14.1. The van der Waals surface area contributed by atoms with E-state index in [2.05, 4.69) is 55.5 Å². The van der Waals surface area contributed by atoms with Gasteiger partial charge >= 0.3 is 0 Å². The van der Waals surface area contributed by atoms with E-state index >= 15 is 0 Å². The van der Waals surface area contributed by atoms with Gasteiger partial charge in [0.15, 0.2) is 6.29 Å². The molecule has 0 N–H and O–H groups in total. The fourth-order valence-electron chi connectivity index (χ4n) is 2.39. The van der Waals surface area contributed by atoms with Crippen molar-refractivity contribution in [2.45, 2.75) is 47.0 Å². The second-order valence-corrected chi connectivity index (χ2v) is 6.58. The van der Waals surface area contributed by atoms with Gasteiger partial charge in [0.1, 0.15) is 0 Å². The van der Waals surface area contributed by atoms with E-state index in [1.165, 1.54) is 30.4 Å². The molecule has 2 heteroatoms. The predicted octanol–water partition coefficient (Wildman–Crippen LogP) is 4.98. The van der Waals surface area contributed by atoms with Crippen LogP contribution in [0.4, 0.5) is 0 Å². The first-order valence-electron chi connectivity index (χ1n) is 6.08. The Morgan fingerprint density at radius 3 is 2.59 bits per heavy atom. The Balaban J connectivity index is 3.01. The van der Waals surface area contributed by atoms with Gasteiger partial charge in [0.25, 0.3) is 0 Å². The maximum Gasteiger partial charge on any atom is 0.156 e. The third-order valence-electron chi connectivity index (χ3n) is 3.52. The van der Waals surface area contributed by atoms with Crippen LogP contribution in [0.1, 0.15) is 47.0 Å². The molecule has 1 nitrogen and oxygen atoms in total. The Labute approximate surface area is 118 Å². The summed E-state index contributed by atoms with van der Waals surface area (Å²) in [6.45, 7) is 8.82. The quantitative estimate of drug-likeness (QED) is 0.306. The van der Waals surface area contributed by atoms with Crippen molar-refractivity contribution >= 4 is 28.9 Å². The smallest absolute Gasteiger partial charge is 0.156 e. The second-order valence-electron chi connectivity index (χ2n) is 5.41. The minimum atomic E-state index is 0.270. The molecule has 0 heterocycles. The average molecular weight is 344 g/mol. The molecular formula is C15H21IO. The Bertz CT molecular complexity index is 397. The van der Waals surface area contributed by atoms with Crippen molar-refractivity contribution in [3.8, 4) is 0 Å². The Morgan fingerprint density at radius 2 is 2.06 bits per heavy atom. The van der Waals surface area contributed by atoms with E-state index in [1.54, 1.807) is 0 Å². The summed E-state index contributed by atoms with van der Waals surface area (Å²) in [5.41, 5.74) is 4.25. The maximum absolute atomic E-state index is 10.7. The summed E-state index contributed by atoms with van der Waals surface area (Å²) in [6.07, 6.45) is 8.92. The Morgan fingerprint density at radius 1 is 1.41 bits per heavy atom. The van der Waals surface area contributed by atoms with Crippen molar-refractivity contribution in [2.75, 3.05) is 0 Å². The zero-order valence-electron chi connectivity index (χ0n) is 11.1. The molecule has 0 fully saturated rings. The average Bonchev–Trinajstić information content (AvgIpc) is 2.26. The van der Waals surface area contributed by atoms with Crippen molar-refractivity contribution in [1.29, 1.82) is 0 Å². The summed E-state index contributed by atoms with van der Waals surface area (Å²) in [5.74, 6) is 0. The molecule has 0 spiro atoms. The first-order chi connectivity index (χ1) is 7.88. The van der Waals surface area contributed by atoms with E-state index in [4.69, 9.17) is 0 Å². The van der Waals surface area contributed by atoms with Crippen molar-refractivity contribution in [1.82, 2.24) is 0 Å². The molecule has 0 amide bonds. The zero-order chi connectivity index (χ0) is 13.1. The summed E-state index contributed by atoms with van der Waals surface area (Å²) in [5, 5.41) is 0. The summed E-state index contributed by atoms with van der Waals surface area (Å²) in [7, 11) is 0. The zero-order valence-corrected chi connectivity index (χ0v) is 13.3. The number of rotatable bonds is 3. The molecule has 0 aliphatic heterocycles. The van der Waals surface area contributed by atoms with Gasteiger partial charge in [0.2, 0.25) is 0 Å². The van der Waals surface area contributed by atoms with Gasteiger partial charge in [-0.1, -0.05) is 31.6 Å². The molecular weight excluding hydrogens is 323 g/mol. The minimum absolute atomic E-state index is 0.270. The van der Waals surface area contributed by atoms with Crippen LogP contribution in [0, 0.1) is 5.41 Å². The molecule has 17 heavy (non-hydrogen) atoms.